The van der Waals surface area contributed by atoms with Crippen molar-refractivity contribution in [1.82, 2.24) is 9.80 Å². The maximum atomic E-state index is 13.4. The molecule has 2 aliphatic heterocycles. The number of rotatable bonds is 5. The van der Waals surface area contributed by atoms with Crippen LogP contribution in [0.5, 0.6) is 11.5 Å². The largest absolute Gasteiger partial charge is 0.493 e. The zero-order valence-electron chi connectivity index (χ0n) is 17.6. The van der Waals surface area contributed by atoms with Gasteiger partial charge in [-0.1, -0.05) is 12.1 Å². The van der Waals surface area contributed by atoms with E-state index in [4.69, 9.17) is 19.9 Å². The highest BCUT2D eigenvalue weighted by Gasteiger charge is 2.34. The van der Waals surface area contributed by atoms with E-state index < -0.39 is 0 Å². The van der Waals surface area contributed by atoms with Gasteiger partial charge in [0.25, 0.3) is 0 Å². The molecule has 4 rings (SSSR count). The molecule has 2 aliphatic rings. The molecule has 1 saturated heterocycles. The number of anilines is 1. The molecule has 0 aromatic heterocycles. The normalized spacial score (nSPS) is 19.3. The zero-order valence-corrected chi connectivity index (χ0v) is 17.6. The molecule has 1 unspecified atom stereocenters. The average molecular weight is 412 g/mol. The molecular weight excluding hydrogens is 382 g/mol. The summed E-state index contributed by atoms with van der Waals surface area (Å²) in [6.07, 6.45) is 0.774. The van der Waals surface area contributed by atoms with E-state index in [1.54, 1.807) is 14.2 Å². The second-order valence-corrected chi connectivity index (χ2v) is 7.70. The molecule has 0 saturated carbocycles. The van der Waals surface area contributed by atoms with Crippen LogP contribution in [0.1, 0.15) is 22.7 Å². The lowest BCUT2D eigenvalue weighted by Crippen LogP contribution is -2.48. The fourth-order valence-corrected chi connectivity index (χ4v) is 4.29. The summed E-state index contributed by atoms with van der Waals surface area (Å²) in [6.45, 7) is 3.97. The molecule has 1 amide bonds. The van der Waals surface area contributed by atoms with Crippen molar-refractivity contribution in [3.8, 4) is 11.5 Å². The van der Waals surface area contributed by atoms with Gasteiger partial charge in [0.15, 0.2) is 11.5 Å². The second-order valence-electron chi connectivity index (χ2n) is 7.70. The lowest BCUT2D eigenvalue weighted by Gasteiger charge is -2.39. The Labute approximate surface area is 177 Å². The first-order valence-electron chi connectivity index (χ1n) is 10.3. The van der Waals surface area contributed by atoms with Gasteiger partial charge in [-0.15, -0.1) is 0 Å². The van der Waals surface area contributed by atoms with Gasteiger partial charge in [0.1, 0.15) is 0 Å². The SMILES string of the molecule is COc1cc2c(cc1OC)C(c1ccc(N)cc1)N(C(=O)CN1CCOCC1)CC2. The molecule has 160 valence electrons. The minimum atomic E-state index is -0.192. The van der Waals surface area contributed by atoms with Gasteiger partial charge in [0.2, 0.25) is 5.91 Å². The number of fused-ring (bicyclic) bond motifs is 1. The van der Waals surface area contributed by atoms with Gasteiger partial charge < -0.3 is 24.8 Å². The van der Waals surface area contributed by atoms with Crippen LogP contribution in [0, 0.1) is 0 Å². The van der Waals surface area contributed by atoms with Crippen LogP contribution >= 0.6 is 0 Å². The number of carbonyl (C=O) groups excluding carboxylic acids is 1. The molecule has 7 heteroatoms. The number of hydrogen-bond donors (Lipinski definition) is 1. The number of amides is 1. The first-order chi connectivity index (χ1) is 14.6. The van der Waals surface area contributed by atoms with E-state index in [0.717, 1.165) is 30.6 Å². The predicted octanol–water partition coefficient (Wildman–Crippen LogP) is 2.09. The molecule has 2 aromatic rings. The molecule has 1 atom stereocenters. The van der Waals surface area contributed by atoms with Crippen molar-refractivity contribution < 1.29 is 19.0 Å². The number of nitrogens with zero attached hydrogens (tertiary/aromatic N) is 2. The van der Waals surface area contributed by atoms with Gasteiger partial charge in [-0.3, -0.25) is 9.69 Å². The minimum Gasteiger partial charge on any atom is -0.493 e. The molecule has 7 nitrogen and oxygen atoms in total. The summed E-state index contributed by atoms with van der Waals surface area (Å²) in [5.74, 6) is 1.50. The number of carbonyl (C=O) groups is 1. The molecule has 0 aliphatic carbocycles. The van der Waals surface area contributed by atoms with Crippen LogP contribution in [-0.2, 0) is 16.0 Å². The molecular formula is C23H29N3O4. The molecule has 1 fully saturated rings. The molecule has 2 aromatic carbocycles. The second kappa shape index (κ2) is 8.93. The van der Waals surface area contributed by atoms with Gasteiger partial charge in [-0.05, 0) is 47.4 Å². The zero-order chi connectivity index (χ0) is 21.1. The van der Waals surface area contributed by atoms with Crippen molar-refractivity contribution in [2.75, 3.05) is 59.3 Å². The summed E-state index contributed by atoms with van der Waals surface area (Å²) < 4.78 is 16.5. The highest BCUT2D eigenvalue weighted by Crippen LogP contribution is 2.41. The summed E-state index contributed by atoms with van der Waals surface area (Å²) >= 11 is 0. The van der Waals surface area contributed by atoms with Gasteiger partial charge in [0.05, 0.1) is 40.0 Å². The van der Waals surface area contributed by atoms with E-state index >= 15 is 0 Å². The lowest BCUT2D eigenvalue weighted by atomic mass is 9.87. The van der Waals surface area contributed by atoms with Gasteiger partial charge >= 0.3 is 0 Å². The Morgan fingerprint density at radius 3 is 2.40 bits per heavy atom. The van der Waals surface area contributed by atoms with E-state index in [0.29, 0.717) is 43.5 Å². The number of hydrogen-bond acceptors (Lipinski definition) is 6. The predicted molar refractivity (Wildman–Crippen MR) is 115 cm³/mol. The van der Waals surface area contributed by atoms with Gasteiger partial charge in [0, 0.05) is 25.3 Å². The first kappa shape index (κ1) is 20.5. The van der Waals surface area contributed by atoms with Crippen LogP contribution in [0.3, 0.4) is 0 Å². The van der Waals surface area contributed by atoms with Crippen LogP contribution in [0.15, 0.2) is 36.4 Å². The minimum absolute atomic E-state index is 0.124. The third-order valence-corrected chi connectivity index (χ3v) is 5.91. The van der Waals surface area contributed by atoms with E-state index in [9.17, 15) is 4.79 Å². The van der Waals surface area contributed by atoms with Crippen molar-refractivity contribution in [3.05, 3.63) is 53.1 Å². The first-order valence-corrected chi connectivity index (χ1v) is 10.3. The van der Waals surface area contributed by atoms with Crippen molar-refractivity contribution in [2.24, 2.45) is 0 Å². The van der Waals surface area contributed by atoms with E-state index in [-0.39, 0.29) is 11.9 Å². The Balaban J connectivity index is 1.71. The van der Waals surface area contributed by atoms with Crippen LogP contribution in [0.4, 0.5) is 5.69 Å². The van der Waals surface area contributed by atoms with Crippen molar-refractivity contribution in [2.45, 2.75) is 12.5 Å². The molecule has 30 heavy (non-hydrogen) atoms. The Bertz CT molecular complexity index is 894. The summed E-state index contributed by atoms with van der Waals surface area (Å²) in [5.41, 5.74) is 9.89. The fourth-order valence-electron chi connectivity index (χ4n) is 4.29. The summed E-state index contributed by atoms with van der Waals surface area (Å²) in [6, 6.07) is 11.6. The summed E-state index contributed by atoms with van der Waals surface area (Å²) in [4.78, 5) is 17.5. The maximum Gasteiger partial charge on any atom is 0.237 e. The van der Waals surface area contributed by atoms with E-state index in [1.165, 1.54) is 5.56 Å². The van der Waals surface area contributed by atoms with Gasteiger partial charge in [-0.2, -0.15) is 0 Å². The molecule has 2 heterocycles. The van der Waals surface area contributed by atoms with E-state index in [2.05, 4.69) is 4.90 Å². The number of methoxy groups -OCH3 is 2. The van der Waals surface area contributed by atoms with E-state index in [1.807, 2.05) is 41.3 Å². The number of nitrogen functional groups attached to an aromatic ring is 1. The highest BCUT2D eigenvalue weighted by atomic mass is 16.5. The topological polar surface area (TPSA) is 77.3 Å². The third-order valence-electron chi connectivity index (χ3n) is 5.91. The summed E-state index contributed by atoms with van der Waals surface area (Å²) in [5, 5.41) is 0. The average Bonchev–Trinajstić information content (AvgIpc) is 2.78. The third kappa shape index (κ3) is 4.08. The highest BCUT2D eigenvalue weighted by molar-refractivity contribution is 5.80. The lowest BCUT2D eigenvalue weighted by molar-refractivity contribution is -0.135. The van der Waals surface area contributed by atoms with Gasteiger partial charge in [-0.25, -0.2) is 0 Å². The summed E-state index contributed by atoms with van der Waals surface area (Å²) in [7, 11) is 3.27. The Morgan fingerprint density at radius 1 is 1.07 bits per heavy atom. The van der Waals surface area contributed by atoms with Crippen molar-refractivity contribution >= 4 is 11.6 Å². The van der Waals surface area contributed by atoms with Crippen LogP contribution in [0.25, 0.3) is 0 Å². The molecule has 0 spiro atoms. The van der Waals surface area contributed by atoms with Crippen LogP contribution in [0.2, 0.25) is 0 Å². The Hall–Kier alpha value is -2.77. The number of ether oxygens (including phenoxy) is 3. The number of nitrogens with two attached hydrogens (primary N) is 1. The van der Waals surface area contributed by atoms with Crippen molar-refractivity contribution in [3.63, 3.8) is 0 Å². The smallest absolute Gasteiger partial charge is 0.237 e. The fraction of sp³-hybridized carbons (Fsp3) is 0.435. The van der Waals surface area contributed by atoms with Crippen LogP contribution in [-0.4, -0.2) is 69.3 Å². The van der Waals surface area contributed by atoms with Crippen LogP contribution < -0.4 is 15.2 Å². The Kier molecular flexibility index (Phi) is 6.11. The Morgan fingerprint density at radius 2 is 1.73 bits per heavy atom. The monoisotopic (exact) mass is 411 g/mol. The molecule has 0 bridgehead atoms. The molecule has 2 N–H and O–H groups in total. The standard InChI is InChI=1S/C23H29N3O4/c1-28-20-13-17-7-8-26(22(27)15-25-9-11-30-12-10-25)23(19(17)14-21(20)29-2)16-3-5-18(24)6-4-16/h3-6,13-14,23H,7-12,15,24H2,1-2H3. The van der Waals surface area contributed by atoms with Crippen molar-refractivity contribution in [1.29, 1.82) is 0 Å². The molecule has 0 radical (unpaired) electrons. The quantitative estimate of drug-likeness (QED) is 0.760. The maximum absolute atomic E-state index is 13.4. The number of benzene rings is 2. The number of morpholine rings is 1.